The number of nitrogens with zero attached hydrogens (tertiary/aromatic N) is 1. The van der Waals surface area contributed by atoms with Crippen LogP contribution >= 0.6 is 0 Å². The molecule has 1 unspecified atom stereocenters. The molecule has 3 nitrogen and oxygen atoms in total. The van der Waals surface area contributed by atoms with Crippen molar-refractivity contribution in [1.29, 1.82) is 0 Å². The van der Waals surface area contributed by atoms with Crippen molar-refractivity contribution in [1.82, 2.24) is 0 Å². The summed E-state index contributed by atoms with van der Waals surface area (Å²) in [5, 5.41) is 11.7. The van der Waals surface area contributed by atoms with Crippen LogP contribution in [0, 0.1) is 10.1 Å². The van der Waals surface area contributed by atoms with Gasteiger partial charge in [0.1, 0.15) is 0 Å². The van der Waals surface area contributed by atoms with Gasteiger partial charge in [-0.1, -0.05) is 54.6 Å². The Morgan fingerprint density at radius 2 is 1.67 bits per heavy atom. The van der Waals surface area contributed by atoms with Crippen molar-refractivity contribution in [3.63, 3.8) is 0 Å². The Bertz CT molecular complexity index is 594. The van der Waals surface area contributed by atoms with Crippen LogP contribution in [0.4, 0.5) is 0 Å². The first-order valence-electron chi connectivity index (χ1n) is 6.03. The molecular formula is C15H13NO2. The van der Waals surface area contributed by atoms with E-state index in [4.69, 9.17) is 0 Å². The Labute approximate surface area is 105 Å². The van der Waals surface area contributed by atoms with Gasteiger partial charge in [-0.2, -0.15) is 0 Å². The van der Waals surface area contributed by atoms with Crippen molar-refractivity contribution in [2.75, 3.05) is 0 Å². The van der Waals surface area contributed by atoms with Gasteiger partial charge in [-0.3, -0.25) is 10.1 Å². The minimum atomic E-state index is -1.06. The molecule has 3 heteroatoms. The highest BCUT2D eigenvalue weighted by molar-refractivity contribution is 5.45. The molecule has 0 radical (unpaired) electrons. The Balaban J connectivity index is 2.25. The van der Waals surface area contributed by atoms with Crippen molar-refractivity contribution < 1.29 is 4.92 Å². The molecule has 18 heavy (non-hydrogen) atoms. The van der Waals surface area contributed by atoms with Gasteiger partial charge in [0.15, 0.2) is 0 Å². The lowest BCUT2D eigenvalue weighted by molar-refractivity contribution is -0.565. The van der Waals surface area contributed by atoms with E-state index in [1.807, 2.05) is 54.6 Å². The first kappa shape index (κ1) is 11.0. The highest BCUT2D eigenvalue weighted by Gasteiger charge is 2.51. The second-order valence-corrected chi connectivity index (χ2v) is 4.64. The molecule has 2 aromatic rings. The largest absolute Gasteiger partial charge is 0.272 e. The maximum Gasteiger partial charge on any atom is 0.272 e. The quantitative estimate of drug-likeness (QED) is 0.596. The van der Waals surface area contributed by atoms with Crippen LogP contribution in [0.1, 0.15) is 23.1 Å². The molecule has 1 aliphatic rings. The predicted molar refractivity (Wildman–Crippen MR) is 69.0 cm³/mol. The SMILES string of the molecule is O=[N+]([O-])C1(c2ccccc2)CCc2ccccc21. The summed E-state index contributed by atoms with van der Waals surface area (Å²) >= 11 is 0. The summed E-state index contributed by atoms with van der Waals surface area (Å²) in [5.74, 6) is 0. The van der Waals surface area contributed by atoms with Gasteiger partial charge in [0.25, 0.3) is 5.54 Å². The number of fused-ring (bicyclic) bond motifs is 1. The lowest BCUT2D eigenvalue weighted by atomic mass is 9.85. The van der Waals surface area contributed by atoms with Crippen LogP contribution in [-0.2, 0) is 12.0 Å². The van der Waals surface area contributed by atoms with Crippen molar-refractivity contribution in [3.05, 3.63) is 81.4 Å². The highest BCUT2D eigenvalue weighted by Crippen LogP contribution is 2.44. The van der Waals surface area contributed by atoms with Crippen LogP contribution in [0.2, 0.25) is 0 Å². The molecule has 0 heterocycles. The smallest absolute Gasteiger partial charge is 0.263 e. The van der Waals surface area contributed by atoms with E-state index in [9.17, 15) is 10.1 Å². The fourth-order valence-corrected chi connectivity index (χ4v) is 2.90. The highest BCUT2D eigenvalue weighted by atomic mass is 16.6. The Hall–Kier alpha value is -2.16. The third kappa shape index (κ3) is 1.37. The van der Waals surface area contributed by atoms with Crippen LogP contribution in [0.15, 0.2) is 54.6 Å². The molecule has 0 amide bonds. The first-order chi connectivity index (χ1) is 8.75. The first-order valence-corrected chi connectivity index (χ1v) is 6.03. The third-order valence-corrected chi connectivity index (χ3v) is 3.78. The number of rotatable bonds is 2. The zero-order chi connectivity index (χ0) is 12.6. The summed E-state index contributed by atoms with van der Waals surface area (Å²) in [7, 11) is 0. The van der Waals surface area contributed by atoms with Gasteiger partial charge in [-0.25, -0.2) is 0 Å². The summed E-state index contributed by atoms with van der Waals surface area (Å²) in [5.41, 5.74) is 1.66. The molecule has 2 aromatic carbocycles. The monoisotopic (exact) mass is 239 g/mol. The van der Waals surface area contributed by atoms with Gasteiger partial charge >= 0.3 is 0 Å². The van der Waals surface area contributed by atoms with Crippen LogP contribution in [-0.4, -0.2) is 4.92 Å². The molecule has 0 saturated heterocycles. The van der Waals surface area contributed by atoms with Crippen molar-refractivity contribution >= 4 is 0 Å². The molecule has 0 saturated carbocycles. The number of hydrogen-bond donors (Lipinski definition) is 0. The van der Waals surface area contributed by atoms with Crippen LogP contribution in [0.3, 0.4) is 0 Å². The molecule has 0 fully saturated rings. The van der Waals surface area contributed by atoms with E-state index in [2.05, 4.69) is 0 Å². The molecule has 3 rings (SSSR count). The van der Waals surface area contributed by atoms with Gasteiger partial charge < -0.3 is 0 Å². The topological polar surface area (TPSA) is 43.1 Å². The summed E-state index contributed by atoms with van der Waals surface area (Å²) in [6, 6.07) is 17.0. The van der Waals surface area contributed by atoms with Gasteiger partial charge in [0.05, 0.1) is 0 Å². The lowest BCUT2D eigenvalue weighted by Crippen LogP contribution is -2.34. The van der Waals surface area contributed by atoms with E-state index >= 15 is 0 Å². The van der Waals surface area contributed by atoms with E-state index in [-0.39, 0.29) is 4.92 Å². The van der Waals surface area contributed by atoms with E-state index < -0.39 is 5.54 Å². The second kappa shape index (κ2) is 3.95. The number of benzene rings is 2. The van der Waals surface area contributed by atoms with Crippen molar-refractivity contribution in [2.24, 2.45) is 0 Å². The molecule has 0 bridgehead atoms. The average molecular weight is 239 g/mol. The molecule has 90 valence electrons. The van der Waals surface area contributed by atoms with Gasteiger partial charge in [0.2, 0.25) is 0 Å². The molecule has 0 N–H and O–H groups in total. The zero-order valence-corrected chi connectivity index (χ0v) is 9.87. The maximum atomic E-state index is 11.7. The molecule has 1 atom stereocenters. The summed E-state index contributed by atoms with van der Waals surface area (Å²) in [6.07, 6.45) is 1.31. The Kier molecular flexibility index (Phi) is 2.40. The van der Waals surface area contributed by atoms with E-state index in [0.29, 0.717) is 6.42 Å². The maximum absolute atomic E-state index is 11.7. The zero-order valence-electron chi connectivity index (χ0n) is 9.87. The fourth-order valence-electron chi connectivity index (χ4n) is 2.90. The number of aryl methyl sites for hydroxylation is 1. The Morgan fingerprint density at radius 1 is 1.00 bits per heavy atom. The van der Waals surface area contributed by atoms with Gasteiger partial charge in [0, 0.05) is 22.5 Å². The van der Waals surface area contributed by atoms with Crippen molar-refractivity contribution in [2.45, 2.75) is 18.4 Å². The molecule has 1 aliphatic carbocycles. The van der Waals surface area contributed by atoms with E-state index in [0.717, 1.165) is 23.1 Å². The summed E-state index contributed by atoms with van der Waals surface area (Å²) in [4.78, 5) is 11.6. The van der Waals surface area contributed by atoms with Crippen molar-refractivity contribution in [3.8, 4) is 0 Å². The molecular weight excluding hydrogens is 226 g/mol. The van der Waals surface area contributed by atoms with Gasteiger partial charge in [-0.05, 0) is 12.0 Å². The van der Waals surface area contributed by atoms with Gasteiger partial charge in [-0.15, -0.1) is 0 Å². The average Bonchev–Trinajstić information content (AvgIpc) is 2.80. The molecule has 0 aliphatic heterocycles. The fraction of sp³-hybridized carbons (Fsp3) is 0.200. The van der Waals surface area contributed by atoms with Crippen LogP contribution in [0.25, 0.3) is 0 Å². The Morgan fingerprint density at radius 3 is 2.39 bits per heavy atom. The summed E-state index contributed by atoms with van der Waals surface area (Å²) in [6.45, 7) is 0. The number of nitro groups is 1. The predicted octanol–water partition coefficient (Wildman–Crippen LogP) is 3.15. The van der Waals surface area contributed by atoms with E-state index in [1.54, 1.807) is 0 Å². The van der Waals surface area contributed by atoms with Crippen LogP contribution in [0.5, 0.6) is 0 Å². The standard InChI is InChI=1S/C15H13NO2/c17-16(18)15(13-7-2-1-3-8-13)11-10-12-6-4-5-9-14(12)15/h1-9H,10-11H2. The van der Waals surface area contributed by atoms with Crippen LogP contribution < -0.4 is 0 Å². The third-order valence-electron chi connectivity index (χ3n) is 3.78. The summed E-state index contributed by atoms with van der Waals surface area (Å²) < 4.78 is 0. The lowest BCUT2D eigenvalue weighted by Gasteiger charge is -2.21. The minimum absolute atomic E-state index is 0.131. The molecule has 0 spiro atoms. The normalized spacial score (nSPS) is 21.6. The number of hydrogen-bond acceptors (Lipinski definition) is 2. The molecule has 0 aromatic heterocycles. The minimum Gasteiger partial charge on any atom is -0.263 e. The van der Waals surface area contributed by atoms with E-state index in [1.165, 1.54) is 0 Å². The second-order valence-electron chi connectivity index (χ2n) is 4.64.